The molecule has 0 saturated heterocycles. The highest BCUT2D eigenvalue weighted by Gasteiger charge is 2.16. The molecule has 6 heteroatoms. The van der Waals surface area contributed by atoms with Gasteiger partial charge < -0.3 is 9.30 Å². The Bertz CT molecular complexity index is 1030. The van der Waals surface area contributed by atoms with E-state index in [2.05, 4.69) is 41.3 Å². The van der Waals surface area contributed by atoms with Crippen LogP contribution in [0.5, 0.6) is 5.75 Å². The molecule has 4 rings (SSSR count). The largest absolute Gasteiger partial charge is 0.497 e. The van der Waals surface area contributed by atoms with Crippen molar-refractivity contribution in [3.05, 3.63) is 71.0 Å². The molecule has 1 aliphatic rings. The van der Waals surface area contributed by atoms with E-state index >= 15 is 0 Å². The Kier molecular flexibility index (Phi) is 5.41. The van der Waals surface area contributed by atoms with Gasteiger partial charge in [-0.3, -0.25) is 4.90 Å². The van der Waals surface area contributed by atoms with E-state index in [1.54, 1.807) is 7.11 Å². The van der Waals surface area contributed by atoms with E-state index in [4.69, 9.17) is 22.1 Å². The SMILES string of the molecule is COc1ccc(-c2nn(CN3CC=C(c4ccccc4)CC3)c(=S)n2C)cc1. The van der Waals surface area contributed by atoms with Gasteiger partial charge in [0.05, 0.1) is 13.8 Å². The molecular weight excluding hydrogens is 368 g/mol. The van der Waals surface area contributed by atoms with Gasteiger partial charge in [0.15, 0.2) is 10.6 Å². The number of methoxy groups -OCH3 is 1. The summed E-state index contributed by atoms with van der Waals surface area (Å²) in [6.07, 6.45) is 3.35. The fourth-order valence-electron chi connectivity index (χ4n) is 3.52. The highest BCUT2D eigenvalue weighted by Crippen LogP contribution is 2.23. The fourth-order valence-corrected chi connectivity index (χ4v) is 3.70. The molecule has 144 valence electrons. The lowest BCUT2D eigenvalue weighted by atomic mass is 10.00. The van der Waals surface area contributed by atoms with Crippen LogP contribution in [0.1, 0.15) is 12.0 Å². The molecule has 0 N–H and O–H groups in total. The molecule has 0 atom stereocenters. The summed E-state index contributed by atoms with van der Waals surface area (Å²) in [6, 6.07) is 18.5. The predicted molar refractivity (Wildman–Crippen MR) is 115 cm³/mol. The first-order valence-corrected chi connectivity index (χ1v) is 9.81. The second-order valence-corrected chi connectivity index (χ2v) is 7.32. The van der Waals surface area contributed by atoms with Crippen LogP contribution in [0.4, 0.5) is 0 Å². The van der Waals surface area contributed by atoms with E-state index in [-0.39, 0.29) is 0 Å². The van der Waals surface area contributed by atoms with Crippen molar-refractivity contribution < 1.29 is 4.74 Å². The van der Waals surface area contributed by atoms with Gasteiger partial charge >= 0.3 is 0 Å². The number of hydrogen-bond acceptors (Lipinski definition) is 4. The summed E-state index contributed by atoms with van der Waals surface area (Å²) in [5.41, 5.74) is 3.76. The molecule has 0 bridgehead atoms. The summed E-state index contributed by atoms with van der Waals surface area (Å²) >= 11 is 5.63. The second-order valence-electron chi connectivity index (χ2n) is 6.96. The summed E-state index contributed by atoms with van der Waals surface area (Å²) in [5.74, 6) is 1.70. The van der Waals surface area contributed by atoms with Crippen LogP contribution in [-0.2, 0) is 13.7 Å². The van der Waals surface area contributed by atoms with Crippen molar-refractivity contribution in [2.45, 2.75) is 13.1 Å². The normalized spacial score (nSPS) is 14.7. The molecule has 0 spiro atoms. The van der Waals surface area contributed by atoms with Crippen LogP contribution in [0.2, 0.25) is 0 Å². The van der Waals surface area contributed by atoms with Crippen LogP contribution in [0.15, 0.2) is 60.7 Å². The zero-order chi connectivity index (χ0) is 19.5. The van der Waals surface area contributed by atoms with Gasteiger partial charge in [-0.2, -0.15) is 5.10 Å². The molecule has 0 radical (unpaired) electrons. The van der Waals surface area contributed by atoms with Gasteiger partial charge in [-0.15, -0.1) is 0 Å². The molecular formula is C22H24N4OS. The van der Waals surface area contributed by atoms with Gasteiger partial charge in [0.1, 0.15) is 5.75 Å². The van der Waals surface area contributed by atoms with Crippen LogP contribution in [0.3, 0.4) is 0 Å². The Morgan fingerprint density at radius 1 is 1.04 bits per heavy atom. The molecule has 28 heavy (non-hydrogen) atoms. The number of ether oxygens (including phenoxy) is 1. The summed E-state index contributed by atoms with van der Waals surface area (Å²) in [7, 11) is 3.64. The number of hydrogen-bond donors (Lipinski definition) is 0. The quantitative estimate of drug-likeness (QED) is 0.604. The first kappa shape index (κ1) is 18.7. The van der Waals surface area contributed by atoms with Crippen molar-refractivity contribution in [1.82, 2.24) is 19.2 Å². The number of rotatable bonds is 5. The molecule has 0 unspecified atom stereocenters. The van der Waals surface area contributed by atoms with Crippen molar-refractivity contribution in [2.24, 2.45) is 7.05 Å². The van der Waals surface area contributed by atoms with Crippen LogP contribution in [0.25, 0.3) is 17.0 Å². The Balaban J connectivity index is 1.50. The smallest absolute Gasteiger partial charge is 0.199 e. The molecule has 1 aliphatic heterocycles. The Hall–Kier alpha value is -2.70. The van der Waals surface area contributed by atoms with Crippen LogP contribution < -0.4 is 4.74 Å². The molecule has 2 heterocycles. The summed E-state index contributed by atoms with van der Waals surface area (Å²) < 4.78 is 9.84. The van der Waals surface area contributed by atoms with Gasteiger partial charge in [0.25, 0.3) is 0 Å². The first-order valence-electron chi connectivity index (χ1n) is 9.41. The maximum Gasteiger partial charge on any atom is 0.199 e. The minimum Gasteiger partial charge on any atom is -0.497 e. The van der Waals surface area contributed by atoms with Crippen LogP contribution in [0, 0.1) is 4.77 Å². The number of nitrogens with zero attached hydrogens (tertiary/aromatic N) is 4. The molecule has 5 nitrogen and oxygen atoms in total. The van der Waals surface area contributed by atoms with Gasteiger partial charge in [0, 0.05) is 25.7 Å². The Morgan fingerprint density at radius 2 is 1.79 bits per heavy atom. The molecule has 0 saturated carbocycles. The second kappa shape index (κ2) is 8.12. The third-order valence-electron chi connectivity index (χ3n) is 5.16. The van der Waals surface area contributed by atoms with E-state index in [0.717, 1.165) is 41.4 Å². The van der Waals surface area contributed by atoms with E-state index < -0.39 is 0 Å². The van der Waals surface area contributed by atoms with Crippen molar-refractivity contribution in [1.29, 1.82) is 0 Å². The summed E-state index contributed by atoms with van der Waals surface area (Å²) in [4.78, 5) is 2.37. The molecule has 1 aromatic heterocycles. The molecule has 0 aliphatic carbocycles. The predicted octanol–water partition coefficient (Wildman–Crippen LogP) is 4.37. The zero-order valence-corrected chi connectivity index (χ0v) is 17.0. The minimum atomic E-state index is 0.696. The van der Waals surface area contributed by atoms with Gasteiger partial charge in [-0.25, -0.2) is 4.68 Å². The average Bonchev–Trinajstić information content (AvgIpc) is 3.03. The monoisotopic (exact) mass is 392 g/mol. The molecule has 3 aromatic rings. The standard InChI is InChI=1S/C22H24N4OS/c1-24-21(19-8-10-20(27-2)11-9-19)23-26(22(24)28)16-25-14-12-18(13-15-25)17-6-4-3-5-7-17/h3-12H,13-16H2,1-2H3. The number of aromatic nitrogens is 3. The topological polar surface area (TPSA) is 35.2 Å². The van der Waals surface area contributed by atoms with Crippen molar-refractivity contribution in [3.8, 4) is 17.1 Å². The van der Waals surface area contributed by atoms with E-state index in [9.17, 15) is 0 Å². The highest BCUT2D eigenvalue weighted by molar-refractivity contribution is 7.71. The van der Waals surface area contributed by atoms with Gasteiger partial charge in [0.2, 0.25) is 0 Å². The number of benzene rings is 2. The Labute approximate surface area is 170 Å². The lowest BCUT2D eigenvalue weighted by Gasteiger charge is -2.26. The third-order valence-corrected chi connectivity index (χ3v) is 5.65. The molecule has 0 amide bonds. The average molecular weight is 393 g/mol. The van der Waals surface area contributed by atoms with Crippen molar-refractivity contribution in [2.75, 3.05) is 20.2 Å². The molecule has 2 aromatic carbocycles. The van der Waals surface area contributed by atoms with E-state index in [1.165, 1.54) is 11.1 Å². The van der Waals surface area contributed by atoms with E-state index in [0.29, 0.717) is 6.67 Å². The van der Waals surface area contributed by atoms with Gasteiger partial charge in [-0.1, -0.05) is 36.4 Å². The summed E-state index contributed by atoms with van der Waals surface area (Å²) in [5, 5.41) is 4.78. The van der Waals surface area contributed by atoms with Gasteiger partial charge in [-0.05, 0) is 54.0 Å². The maximum absolute atomic E-state index is 5.63. The van der Waals surface area contributed by atoms with Crippen LogP contribution in [-0.4, -0.2) is 39.4 Å². The van der Waals surface area contributed by atoms with Crippen molar-refractivity contribution >= 4 is 17.8 Å². The van der Waals surface area contributed by atoms with E-state index in [1.807, 2.05) is 40.6 Å². The maximum atomic E-state index is 5.63. The molecule has 0 fully saturated rings. The summed E-state index contributed by atoms with van der Waals surface area (Å²) in [6.45, 7) is 2.60. The first-order chi connectivity index (χ1) is 13.7. The lowest BCUT2D eigenvalue weighted by molar-refractivity contribution is 0.226. The zero-order valence-electron chi connectivity index (χ0n) is 16.2. The van der Waals surface area contributed by atoms with Crippen molar-refractivity contribution in [3.63, 3.8) is 0 Å². The third kappa shape index (κ3) is 3.79. The van der Waals surface area contributed by atoms with Crippen LogP contribution >= 0.6 is 12.2 Å². The lowest BCUT2D eigenvalue weighted by Crippen LogP contribution is -2.31. The highest BCUT2D eigenvalue weighted by atomic mass is 32.1. The fraction of sp³-hybridized carbons (Fsp3) is 0.273. The Morgan fingerprint density at radius 3 is 2.43 bits per heavy atom. The minimum absolute atomic E-state index is 0.696.